The van der Waals surface area contributed by atoms with Crippen molar-refractivity contribution >= 4 is 23.3 Å². The Morgan fingerprint density at radius 3 is 2.38 bits per heavy atom. The molecule has 0 saturated carbocycles. The molecular formula is C15H11N3O2S. The van der Waals surface area contributed by atoms with E-state index in [0.29, 0.717) is 17.1 Å². The van der Waals surface area contributed by atoms with Crippen molar-refractivity contribution in [3.05, 3.63) is 66.5 Å². The summed E-state index contributed by atoms with van der Waals surface area (Å²) in [6, 6.07) is 16.6. The minimum absolute atomic E-state index is 0.277. The van der Waals surface area contributed by atoms with Gasteiger partial charge in [-0.05, 0) is 36.4 Å². The van der Waals surface area contributed by atoms with E-state index in [1.165, 1.54) is 6.20 Å². The Labute approximate surface area is 125 Å². The molecule has 1 heterocycles. The lowest BCUT2D eigenvalue weighted by Crippen LogP contribution is -2.11. The minimum Gasteiger partial charge on any atom is -0.457 e. The summed E-state index contributed by atoms with van der Waals surface area (Å²) in [5.74, 6) is 1.19. The summed E-state index contributed by atoms with van der Waals surface area (Å²) in [4.78, 5) is 11.8. The van der Waals surface area contributed by atoms with Crippen LogP contribution in [0.2, 0.25) is 0 Å². The second kappa shape index (κ2) is 6.15. The fraction of sp³-hybridized carbons (Fsp3) is 0. The van der Waals surface area contributed by atoms with E-state index in [0.717, 1.165) is 17.5 Å². The average Bonchev–Trinajstić information content (AvgIpc) is 3.05. The van der Waals surface area contributed by atoms with Crippen LogP contribution in [0.3, 0.4) is 0 Å². The molecule has 1 amide bonds. The summed E-state index contributed by atoms with van der Waals surface area (Å²) in [6.07, 6.45) is 1.44. The van der Waals surface area contributed by atoms with Crippen molar-refractivity contribution < 1.29 is 9.53 Å². The highest BCUT2D eigenvalue weighted by atomic mass is 32.1. The van der Waals surface area contributed by atoms with Gasteiger partial charge in [0.1, 0.15) is 11.5 Å². The Balaban J connectivity index is 1.65. The van der Waals surface area contributed by atoms with Crippen LogP contribution in [0.1, 0.15) is 10.5 Å². The van der Waals surface area contributed by atoms with Gasteiger partial charge in [-0.25, -0.2) is 0 Å². The summed E-state index contributed by atoms with van der Waals surface area (Å²) >= 11 is 1.00. The van der Waals surface area contributed by atoms with E-state index in [9.17, 15) is 4.79 Å². The van der Waals surface area contributed by atoms with Gasteiger partial charge in [0.05, 0.1) is 17.9 Å². The number of para-hydroxylation sites is 1. The van der Waals surface area contributed by atoms with Gasteiger partial charge in [0, 0.05) is 5.69 Å². The van der Waals surface area contributed by atoms with E-state index in [1.807, 2.05) is 30.3 Å². The van der Waals surface area contributed by atoms with Crippen molar-refractivity contribution in [2.24, 2.45) is 0 Å². The molecule has 0 radical (unpaired) electrons. The Morgan fingerprint density at radius 1 is 1.00 bits per heavy atom. The lowest BCUT2D eigenvalue weighted by atomic mass is 10.3. The van der Waals surface area contributed by atoms with Gasteiger partial charge in [-0.15, -0.1) is 0 Å². The third kappa shape index (κ3) is 3.43. The highest BCUT2D eigenvalue weighted by Gasteiger charge is 2.08. The number of anilines is 1. The molecule has 6 heteroatoms. The van der Waals surface area contributed by atoms with Crippen LogP contribution >= 0.6 is 11.7 Å². The fourth-order valence-corrected chi connectivity index (χ4v) is 2.10. The number of hydrogen-bond acceptors (Lipinski definition) is 5. The quantitative estimate of drug-likeness (QED) is 0.799. The standard InChI is InChI=1S/C15H11N3O2S/c19-15(14-10-16-21-18-14)17-11-6-8-13(9-7-11)20-12-4-2-1-3-5-12/h1-10H,(H,17,19). The Kier molecular flexibility index (Phi) is 3.88. The van der Waals surface area contributed by atoms with Gasteiger partial charge < -0.3 is 10.1 Å². The van der Waals surface area contributed by atoms with Crippen molar-refractivity contribution in [2.45, 2.75) is 0 Å². The summed E-state index contributed by atoms with van der Waals surface area (Å²) in [5.41, 5.74) is 0.984. The maximum atomic E-state index is 11.8. The molecule has 0 spiro atoms. The molecule has 0 saturated heterocycles. The molecule has 3 aromatic rings. The number of nitrogens with zero attached hydrogens (tertiary/aromatic N) is 2. The van der Waals surface area contributed by atoms with E-state index in [4.69, 9.17) is 4.74 Å². The molecule has 0 aliphatic carbocycles. The number of carbonyl (C=O) groups excluding carboxylic acids is 1. The zero-order valence-corrected chi connectivity index (χ0v) is 11.7. The Morgan fingerprint density at radius 2 is 1.71 bits per heavy atom. The Hall–Kier alpha value is -2.73. The first-order chi connectivity index (χ1) is 10.3. The number of aromatic nitrogens is 2. The highest BCUT2D eigenvalue weighted by molar-refractivity contribution is 6.99. The molecule has 0 bridgehead atoms. The fourth-order valence-electron chi connectivity index (χ4n) is 1.69. The second-order valence-corrected chi connectivity index (χ2v) is 4.74. The van der Waals surface area contributed by atoms with Gasteiger partial charge in [0.15, 0.2) is 5.69 Å². The number of rotatable bonds is 4. The molecule has 0 fully saturated rings. The number of nitrogens with one attached hydrogen (secondary N) is 1. The monoisotopic (exact) mass is 297 g/mol. The molecule has 2 aromatic carbocycles. The number of amides is 1. The molecule has 21 heavy (non-hydrogen) atoms. The zero-order valence-electron chi connectivity index (χ0n) is 10.9. The normalized spacial score (nSPS) is 10.1. The number of carbonyl (C=O) groups is 1. The van der Waals surface area contributed by atoms with Crippen LogP contribution in [0.4, 0.5) is 5.69 Å². The van der Waals surface area contributed by atoms with Crippen molar-refractivity contribution in [3.8, 4) is 11.5 Å². The summed E-state index contributed by atoms with van der Waals surface area (Å²) in [7, 11) is 0. The van der Waals surface area contributed by atoms with Crippen LogP contribution in [0.5, 0.6) is 11.5 Å². The van der Waals surface area contributed by atoms with Gasteiger partial charge in [-0.1, -0.05) is 18.2 Å². The summed E-state index contributed by atoms with van der Waals surface area (Å²) in [6.45, 7) is 0. The van der Waals surface area contributed by atoms with E-state index < -0.39 is 0 Å². The van der Waals surface area contributed by atoms with Crippen LogP contribution in [0.15, 0.2) is 60.8 Å². The van der Waals surface area contributed by atoms with Crippen molar-refractivity contribution in [3.63, 3.8) is 0 Å². The zero-order chi connectivity index (χ0) is 14.5. The number of benzene rings is 2. The molecule has 1 aromatic heterocycles. The van der Waals surface area contributed by atoms with Crippen molar-refractivity contribution in [2.75, 3.05) is 5.32 Å². The van der Waals surface area contributed by atoms with E-state index in [-0.39, 0.29) is 5.91 Å². The predicted octanol–water partition coefficient (Wildman–Crippen LogP) is 3.58. The SMILES string of the molecule is O=C(Nc1ccc(Oc2ccccc2)cc1)c1cnsn1. The molecule has 0 aliphatic rings. The second-order valence-electron chi connectivity index (χ2n) is 4.19. The minimum atomic E-state index is -0.277. The van der Waals surface area contributed by atoms with E-state index in [1.54, 1.807) is 24.3 Å². The smallest absolute Gasteiger partial charge is 0.277 e. The Bertz CT molecular complexity index is 712. The molecule has 3 rings (SSSR count). The molecule has 104 valence electrons. The molecular weight excluding hydrogens is 286 g/mol. The third-order valence-electron chi connectivity index (χ3n) is 2.69. The predicted molar refractivity (Wildman–Crippen MR) is 80.8 cm³/mol. The molecule has 0 aliphatic heterocycles. The van der Waals surface area contributed by atoms with Crippen molar-refractivity contribution in [1.29, 1.82) is 0 Å². The first kappa shape index (κ1) is 13.3. The van der Waals surface area contributed by atoms with Crippen LogP contribution in [-0.4, -0.2) is 14.7 Å². The summed E-state index contributed by atoms with van der Waals surface area (Å²) in [5, 5.41) is 2.75. The lowest BCUT2D eigenvalue weighted by Gasteiger charge is -2.07. The van der Waals surface area contributed by atoms with E-state index in [2.05, 4.69) is 14.1 Å². The van der Waals surface area contributed by atoms with Crippen molar-refractivity contribution in [1.82, 2.24) is 8.75 Å². The van der Waals surface area contributed by atoms with Crippen LogP contribution in [0.25, 0.3) is 0 Å². The lowest BCUT2D eigenvalue weighted by molar-refractivity contribution is 0.102. The topological polar surface area (TPSA) is 64.1 Å². The first-order valence-electron chi connectivity index (χ1n) is 6.23. The number of hydrogen-bond donors (Lipinski definition) is 1. The van der Waals surface area contributed by atoms with Gasteiger partial charge in [-0.3, -0.25) is 4.79 Å². The summed E-state index contributed by atoms with van der Waals surface area (Å²) < 4.78 is 13.4. The molecule has 0 atom stereocenters. The highest BCUT2D eigenvalue weighted by Crippen LogP contribution is 2.22. The third-order valence-corrected chi connectivity index (χ3v) is 3.16. The van der Waals surface area contributed by atoms with Gasteiger partial charge in [0.2, 0.25) is 0 Å². The molecule has 5 nitrogen and oxygen atoms in total. The van der Waals surface area contributed by atoms with Crippen LogP contribution in [0, 0.1) is 0 Å². The first-order valence-corrected chi connectivity index (χ1v) is 6.96. The maximum Gasteiger partial charge on any atom is 0.277 e. The van der Waals surface area contributed by atoms with Gasteiger partial charge in [-0.2, -0.15) is 8.75 Å². The van der Waals surface area contributed by atoms with Gasteiger partial charge >= 0.3 is 0 Å². The van der Waals surface area contributed by atoms with Gasteiger partial charge in [0.25, 0.3) is 5.91 Å². The largest absolute Gasteiger partial charge is 0.457 e. The average molecular weight is 297 g/mol. The van der Waals surface area contributed by atoms with Crippen LogP contribution in [-0.2, 0) is 0 Å². The van der Waals surface area contributed by atoms with E-state index >= 15 is 0 Å². The molecule has 1 N–H and O–H groups in total. The number of ether oxygens (including phenoxy) is 1. The molecule has 0 unspecified atom stereocenters. The maximum absolute atomic E-state index is 11.8. The van der Waals surface area contributed by atoms with Crippen LogP contribution < -0.4 is 10.1 Å².